The number of aromatic hydroxyl groups is 1. The fraction of sp³-hybridized carbons (Fsp3) is 0.444. The lowest BCUT2D eigenvalue weighted by Crippen LogP contribution is -2.63. The number of rotatable bonds is 4. The number of aliphatic hydroxyl groups excluding tert-OH is 2. The van der Waals surface area contributed by atoms with Crippen LogP contribution in [0.3, 0.4) is 0 Å². The topological polar surface area (TPSA) is 199 Å². The molecular formula is C27H33N3O9. The predicted molar refractivity (Wildman–Crippen MR) is 139 cm³/mol. The van der Waals surface area contributed by atoms with E-state index in [-0.39, 0.29) is 41.3 Å². The molecule has 0 spiro atoms. The number of aliphatic hydroxyl groups is 3. The van der Waals surface area contributed by atoms with Crippen LogP contribution in [-0.2, 0) is 25.6 Å². The SMILES string of the molecule is CC(=O)C(C)=O.CN(C)c1ccc(O)c2c1C[C@H]1C[C@H]3[C@H](N(C)C)C(O)=C(C(N)=O)C(=O)[C@@]3(O)C(O)=C1C2=O. The number of Topliss-reactive ketones (excluding diaryl/α,β-unsaturated/α-hetero) is 4. The molecule has 0 radical (unpaired) electrons. The van der Waals surface area contributed by atoms with E-state index in [1.165, 1.54) is 24.8 Å². The molecule has 12 nitrogen and oxygen atoms in total. The zero-order valence-electron chi connectivity index (χ0n) is 22.6. The van der Waals surface area contributed by atoms with Crippen LogP contribution >= 0.6 is 0 Å². The van der Waals surface area contributed by atoms with Gasteiger partial charge in [0.05, 0.1) is 11.6 Å². The number of ketones is 4. The van der Waals surface area contributed by atoms with E-state index < -0.39 is 58.0 Å². The summed E-state index contributed by atoms with van der Waals surface area (Å²) >= 11 is 0. The van der Waals surface area contributed by atoms with Crippen LogP contribution in [0.25, 0.3) is 0 Å². The highest BCUT2D eigenvalue weighted by atomic mass is 16.3. The van der Waals surface area contributed by atoms with Crippen molar-refractivity contribution >= 4 is 34.7 Å². The van der Waals surface area contributed by atoms with Gasteiger partial charge in [0.25, 0.3) is 5.91 Å². The summed E-state index contributed by atoms with van der Waals surface area (Å²) in [4.78, 5) is 61.6. The summed E-state index contributed by atoms with van der Waals surface area (Å²) in [6, 6.07) is 2.06. The number of phenols is 1. The maximum absolute atomic E-state index is 13.5. The van der Waals surface area contributed by atoms with Gasteiger partial charge in [0.15, 0.2) is 23.0 Å². The Bertz CT molecular complexity index is 1350. The molecule has 12 heteroatoms. The smallest absolute Gasteiger partial charge is 0.255 e. The van der Waals surface area contributed by atoms with Gasteiger partial charge >= 0.3 is 0 Å². The first-order chi connectivity index (χ1) is 18.0. The van der Waals surface area contributed by atoms with Gasteiger partial charge < -0.3 is 31.1 Å². The van der Waals surface area contributed by atoms with Gasteiger partial charge in [-0.1, -0.05) is 0 Å². The number of fused-ring (bicyclic) bond motifs is 3. The van der Waals surface area contributed by atoms with Gasteiger partial charge in [0, 0.05) is 45.1 Å². The van der Waals surface area contributed by atoms with Crippen LogP contribution in [0, 0.1) is 11.8 Å². The van der Waals surface area contributed by atoms with Crippen LogP contribution in [0.15, 0.2) is 34.8 Å². The molecule has 3 aliphatic rings. The van der Waals surface area contributed by atoms with Crippen LogP contribution in [-0.4, -0.2) is 94.2 Å². The summed E-state index contributed by atoms with van der Waals surface area (Å²) in [6.07, 6.45) is 0.324. The van der Waals surface area contributed by atoms with Crippen LogP contribution in [0.2, 0.25) is 0 Å². The summed E-state index contributed by atoms with van der Waals surface area (Å²) in [6.45, 7) is 2.50. The Labute approximate surface area is 225 Å². The van der Waals surface area contributed by atoms with E-state index in [1.54, 1.807) is 39.2 Å². The van der Waals surface area contributed by atoms with E-state index in [4.69, 9.17) is 5.73 Å². The molecule has 4 atom stereocenters. The normalized spacial score (nSPS) is 25.8. The molecular weight excluding hydrogens is 510 g/mol. The zero-order valence-corrected chi connectivity index (χ0v) is 22.6. The molecule has 4 rings (SSSR count). The van der Waals surface area contributed by atoms with Crippen LogP contribution in [0.1, 0.15) is 36.2 Å². The highest BCUT2D eigenvalue weighted by Gasteiger charge is 2.63. The Morgan fingerprint density at radius 3 is 2.03 bits per heavy atom. The molecule has 1 aromatic rings. The molecule has 0 saturated carbocycles. The maximum Gasteiger partial charge on any atom is 0.255 e. The molecule has 3 aliphatic carbocycles. The lowest BCUT2D eigenvalue weighted by Gasteiger charge is -2.50. The number of primary amides is 1. The summed E-state index contributed by atoms with van der Waals surface area (Å²) in [5, 5.41) is 43.9. The Balaban J connectivity index is 0.000000631. The molecule has 0 aromatic heterocycles. The second kappa shape index (κ2) is 10.3. The standard InChI is InChI=1S/C23H27N3O7.C4H6O2/c1-25(2)12-5-6-13(27)15-10(12)7-9-8-11-17(26(3)4)19(29)16(22(24)32)21(31)23(11,33)20(30)14(9)18(15)28;1-3(5)4(2)6/h5-6,9,11,17,27,29-30,33H,7-8H2,1-4H3,(H2,24,32);1-2H3/t9-,11-,17-,23-;/m0./s1. The summed E-state index contributed by atoms with van der Waals surface area (Å²) in [5.74, 6) is -7.29. The first-order valence-electron chi connectivity index (χ1n) is 12.2. The Kier molecular flexibility index (Phi) is 7.77. The predicted octanol–water partition coefficient (Wildman–Crippen LogP) is 0.351. The number of nitrogens with two attached hydrogens (primary N) is 1. The monoisotopic (exact) mass is 543 g/mol. The van der Waals surface area contributed by atoms with Gasteiger partial charge in [-0.2, -0.15) is 0 Å². The lowest BCUT2D eigenvalue weighted by molar-refractivity contribution is -0.148. The van der Waals surface area contributed by atoms with Gasteiger partial charge in [0.1, 0.15) is 22.8 Å². The van der Waals surface area contributed by atoms with Crippen LogP contribution < -0.4 is 10.6 Å². The number of benzene rings is 1. The van der Waals surface area contributed by atoms with E-state index in [0.29, 0.717) is 5.56 Å². The molecule has 0 heterocycles. The fourth-order valence-corrected chi connectivity index (χ4v) is 5.65. The quantitative estimate of drug-likeness (QED) is 0.259. The molecule has 0 saturated heterocycles. The van der Waals surface area contributed by atoms with Crippen molar-refractivity contribution in [2.24, 2.45) is 17.6 Å². The Hall–Kier alpha value is -4.03. The van der Waals surface area contributed by atoms with Crippen molar-refractivity contribution in [2.45, 2.75) is 38.3 Å². The molecule has 39 heavy (non-hydrogen) atoms. The van der Waals surface area contributed by atoms with Gasteiger partial charge in [0.2, 0.25) is 5.78 Å². The first kappa shape index (κ1) is 29.5. The second-order valence-corrected chi connectivity index (χ2v) is 10.4. The number of allylic oxidation sites excluding steroid dienone is 1. The summed E-state index contributed by atoms with van der Waals surface area (Å²) < 4.78 is 0. The molecule has 0 unspecified atom stereocenters. The van der Waals surface area contributed by atoms with Crippen molar-refractivity contribution in [1.29, 1.82) is 0 Å². The van der Waals surface area contributed by atoms with Gasteiger partial charge in [-0.05, 0) is 50.6 Å². The molecule has 1 amide bonds. The molecule has 0 aliphatic heterocycles. The highest BCUT2D eigenvalue weighted by molar-refractivity contribution is 6.35. The van der Waals surface area contributed by atoms with Crippen molar-refractivity contribution in [2.75, 3.05) is 33.1 Å². The summed E-state index contributed by atoms with van der Waals surface area (Å²) in [7, 11) is 6.79. The van der Waals surface area contributed by atoms with Gasteiger partial charge in [-0.3, -0.25) is 28.9 Å². The Morgan fingerprint density at radius 1 is 1.00 bits per heavy atom. The largest absolute Gasteiger partial charge is 0.510 e. The van der Waals surface area contributed by atoms with E-state index in [9.17, 15) is 44.4 Å². The number of nitrogens with zero attached hydrogens (tertiary/aromatic N) is 2. The zero-order chi connectivity index (χ0) is 29.7. The number of amides is 1. The Morgan fingerprint density at radius 2 is 1.56 bits per heavy atom. The number of hydrogen-bond acceptors (Lipinski definition) is 11. The lowest BCUT2D eigenvalue weighted by atomic mass is 9.58. The third-order valence-corrected chi connectivity index (χ3v) is 7.56. The molecule has 0 fully saturated rings. The number of phenolic OH excluding ortho intramolecular Hbond substituents is 1. The number of anilines is 1. The van der Waals surface area contributed by atoms with Crippen molar-refractivity contribution in [3.63, 3.8) is 0 Å². The molecule has 6 N–H and O–H groups in total. The second-order valence-electron chi connectivity index (χ2n) is 10.4. The number of carbonyl (C=O) groups is 5. The van der Waals surface area contributed by atoms with Crippen molar-refractivity contribution in [3.05, 3.63) is 45.9 Å². The van der Waals surface area contributed by atoms with E-state index in [2.05, 4.69) is 0 Å². The number of likely N-dealkylation sites (N-methyl/N-ethyl adjacent to an activating group) is 1. The molecule has 0 bridgehead atoms. The average Bonchev–Trinajstić information content (AvgIpc) is 2.81. The van der Waals surface area contributed by atoms with Gasteiger partial charge in [-0.25, -0.2) is 0 Å². The average molecular weight is 544 g/mol. The minimum atomic E-state index is -2.63. The van der Waals surface area contributed by atoms with Crippen molar-refractivity contribution in [1.82, 2.24) is 4.90 Å². The van der Waals surface area contributed by atoms with Gasteiger partial charge in [-0.15, -0.1) is 0 Å². The van der Waals surface area contributed by atoms with Crippen LogP contribution in [0.5, 0.6) is 5.75 Å². The minimum absolute atomic E-state index is 0.00184. The van der Waals surface area contributed by atoms with E-state index >= 15 is 0 Å². The van der Waals surface area contributed by atoms with Crippen LogP contribution in [0.4, 0.5) is 5.69 Å². The first-order valence-corrected chi connectivity index (χ1v) is 12.2. The van der Waals surface area contributed by atoms with E-state index in [1.807, 2.05) is 0 Å². The summed E-state index contributed by atoms with van der Waals surface area (Å²) in [5.41, 5.74) is 3.02. The maximum atomic E-state index is 13.5. The minimum Gasteiger partial charge on any atom is -0.510 e. The number of carbonyl (C=O) groups excluding carboxylic acids is 5. The van der Waals surface area contributed by atoms with Crippen molar-refractivity contribution in [3.8, 4) is 5.75 Å². The molecule has 1 aromatic carbocycles. The van der Waals surface area contributed by atoms with Crippen molar-refractivity contribution < 1.29 is 44.4 Å². The third kappa shape index (κ3) is 4.59. The number of hydrogen-bond donors (Lipinski definition) is 5. The fourth-order valence-electron chi connectivity index (χ4n) is 5.65. The van der Waals surface area contributed by atoms with E-state index in [0.717, 1.165) is 5.69 Å². The highest BCUT2D eigenvalue weighted by Crippen LogP contribution is 2.52. The third-order valence-electron chi connectivity index (χ3n) is 7.56. The molecule has 210 valence electrons.